The van der Waals surface area contributed by atoms with Gasteiger partial charge in [0.05, 0.1) is 6.42 Å². The summed E-state index contributed by atoms with van der Waals surface area (Å²) in [5, 5.41) is 2.99. The number of hydrogen-bond donors (Lipinski definition) is 1. The zero-order valence-corrected chi connectivity index (χ0v) is 18.9. The maximum atomic E-state index is 12.6. The first-order valence-corrected chi connectivity index (χ1v) is 10.8. The molecular weight excluding hydrogens is 384 g/mol. The topological polar surface area (TPSA) is 41.6 Å². The van der Waals surface area contributed by atoms with E-state index in [2.05, 4.69) is 37.4 Å². The Bertz CT molecular complexity index is 980. The van der Waals surface area contributed by atoms with E-state index in [-0.39, 0.29) is 5.91 Å². The van der Waals surface area contributed by atoms with Crippen LogP contribution in [0.4, 0.5) is 11.4 Å². The molecule has 3 rings (SSSR count). The van der Waals surface area contributed by atoms with E-state index in [0.29, 0.717) is 18.9 Å². The van der Waals surface area contributed by atoms with Gasteiger partial charge in [-0.2, -0.15) is 0 Å². The van der Waals surface area contributed by atoms with Crippen LogP contribution in [0.2, 0.25) is 0 Å². The van der Waals surface area contributed by atoms with Crippen LogP contribution in [-0.2, 0) is 24.2 Å². The normalized spacial score (nSPS) is 10.7. The van der Waals surface area contributed by atoms with Crippen LogP contribution >= 0.6 is 0 Å². The smallest absolute Gasteiger partial charge is 0.228 e. The number of nitrogens with zero attached hydrogens (tertiary/aromatic N) is 1. The van der Waals surface area contributed by atoms with E-state index >= 15 is 0 Å². The number of hydrogen-bond acceptors (Lipinski definition) is 3. The monoisotopic (exact) mass is 416 g/mol. The molecule has 0 spiro atoms. The lowest BCUT2D eigenvalue weighted by Crippen LogP contribution is -2.15. The number of rotatable bonds is 9. The van der Waals surface area contributed by atoms with Gasteiger partial charge >= 0.3 is 0 Å². The molecular formula is C27H32N2O2. The van der Waals surface area contributed by atoms with Gasteiger partial charge in [0.15, 0.2) is 0 Å². The summed E-state index contributed by atoms with van der Waals surface area (Å²) in [6, 6.07) is 24.1. The van der Waals surface area contributed by atoms with Gasteiger partial charge < -0.3 is 15.0 Å². The first kappa shape index (κ1) is 22.4. The van der Waals surface area contributed by atoms with Crippen LogP contribution in [0.3, 0.4) is 0 Å². The molecule has 0 atom stereocenters. The minimum absolute atomic E-state index is 0.0222. The Hall–Kier alpha value is -3.27. The van der Waals surface area contributed by atoms with Crippen molar-refractivity contribution in [2.75, 3.05) is 24.3 Å². The Balaban J connectivity index is 1.66. The fourth-order valence-electron chi connectivity index (χ4n) is 3.45. The predicted molar refractivity (Wildman–Crippen MR) is 129 cm³/mol. The molecule has 0 aliphatic carbocycles. The Morgan fingerprint density at radius 3 is 2.29 bits per heavy atom. The predicted octanol–water partition coefficient (Wildman–Crippen LogP) is 5.71. The summed E-state index contributed by atoms with van der Waals surface area (Å²) < 4.78 is 6.11. The van der Waals surface area contributed by atoms with E-state index in [1.807, 2.05) is 73.6 Å². The lowest BCUT2D eigenvalue weighted by molar-refractivity contribution is -0.115. The van der Waals surface area contributed by atoms with Crippen LogP contribution in [0.25, 0.3) is 0 Å². The number of anilines is 2. The molecule has 4 heteroatoms. The summed E-state index contributed by atoms with van der Waals surface area (Å²) in [5.74, 6) is 1.37. The number of carbonyl (C=O) groups excluding carboxylic acids is 1. The van der Waals surface area contributed by atoms with Crippen molar-refractivity contribution in [3.63, 3.8) is 0 Å². The lowest BCUT2D eigenvalue weighted by atomic mass is 9.98. The largest absolute Gasteiger partial charge is 0.489 e. The van der Waals surface area contributed by atoms with Crippen molar-refractivity contribution in [1.82, 2.24) is 0 Å². The van der Waals surface area contributed by atoms with Crippen molar-refractivity contribution in [2.24, 2.45) is 5.92 Å². The molecule has 0 unspecified atom stereocenters. The SMILES string of the molecule is CC(C)Cc1cc(CC(=O)Nc2ccc(N(C)C)cc2)ccc1OCc1ccccc1. The number of carbonyl (C=O) groups is 1. The Labute approximate surface area is 185 Å². The summed E-state index contributed by atoms with van der Waals surface area (Å²) in [6.45, 7) is 4.92. The van der Waals surface area contributed by atoms with Crippen LogP contribution in [-0.4, -0.2) is 20.0 Å². The number of nitrogens with one attached hydrogen (secondary N) is 1. The van der Waals surface area contributed by atoms with Crippen molar-refractivity contribution in [1.29, 1.82) is 0 Å². The van der Waals surface area contributed by atoms with Gasteiger partial charge in [-0.25, -0.2) is 0 Å². The highest BCUT2D eigenvalue weighted by Crippen LogP contribution is 2.25. The lowest BCUT2D eigenvalue weighted by Gasteiger charge is -2.15. The molecule has 4 nitrogen and oxygen atoms in total. The molecule has 162 valence electrons. The van der Waals surface area contributed by atoms with Gasteiger partial charge in [-0.3, -0.25) is 4.79 Å². The van der Waals surface area contributed by atoms with Gasteiger partial charge in [0.2, 0.25) is 5.91 Å². The maximum Gasteiger partial charge on any atom is 0.228 e. The second-order valence-electron chi connectivity index (χ2n) is 8.48. The van der Waals surface area contributed by atoms with E-state index in [0.717, 1.165) is 40.2 Å². The first-order chi connectivity index (χ1) is 14.9. The molecule has 0 radical (unpaired) electrons. The fraction of sp³-hybridized carbons (Fsp3) is 0.296. The van der Waals surface area contributed by atoms with Crippen LogP contribution < -0.4 is 15.0 Å². The second kappa shape index (κ2) is 10.7. The standard InChI is InChI=1S/C27H32N2O2/c1-20(2)16-23-17-22(10-15-26(23)31-19-21-8-6-5-7-9-21)18-27(30)28-24-11-13-25(14-12-24)29(3)4/h5-15,17,20H,16,18-19H2,1-4H3,(H,28,30). The van der Waals surface area contributed by atoms with Crippen molar-refractivity contribution in [3.05, 3.63) is 89.5 Å². The van der Waals surface area contributed by atoms with Crippen LogP contribution in [0.5, 0.6) is 5.75 Å². The van der Waals surface area contributed by atoms with Crippen molar-refractivity contribution >= 4 is 17.3 Å². The van der Waals surface area contributed by atoms with Gasteiger partial charge in [-0.05, 0) is 59.4 Å². The molecule has 1 amide bonds. The molecule has 0 heterocycles. The highest BCUT2D eigenvalue weighted by molar-refractivity contribution is 5.92. The molecule has 0 bridgehead atoms. The Morgan fingerprint density at radius 2 is 1.65 bits per heavy atom. The van der Waals surface area contributed by atoms with E-state index in [1.54, 1.807) is 0 Å². The highest BCUT2D eigenvalue weighted by Gasteiger charge is 2.11. The average molecular weight is 417 g/mol. The van der Waals surface area contributed by atoms with E-state index in [1.165, 1.54) is 0 Å². The third-order valence-corrected chi connectivity index (χ3v) is 5.02. The molecule has 0 saturated carbocycles. The quantitative estimate of drug-likeness (QED) is 0.486. The van der Waals surface area contributed by atoms with Gasteiger partial charge in [0.1, 0.15) is 12.4 Å². The molecule has 0 aliphatic heterocycles. The second-order valence-corrected chi connectivity index (χ2v) is 8.48. The summed E-state index contributed by atoms with van der Waals surface area (Å²) >= 11 is 0. The molecule has 0 saturated heterocycles. The van der Waals surface area contributed by atoms with Gasteiger partial charge in [0, 0.05) is 25.5 Å². The summed E-state index contributed by atoms with van der Waals surface area (Å²) in [6.07, 6.45) is 1.24. The third kappa shape index (κ3) is 6.88. The van der Waals surface area contributed by atoms with Gasteiger partial charge in [-0.15, -0.1) is 0 Å². The van der Waals surface area contributed by atoms with Crippen LogP contribution in [0.1, 0.15) is 30.5 Å². The van der Waals surface area contributed by atoms with Gasteiger partial charge in [0.25, 0.3) is 0 Å². The third-order valence-electron chi connectivity index (χ3n) is 5.02. The Kier molecular flexibility index (Phi) is 7.71. The van der Waals surface area contributed by atoms with E-state index in [4.69, 9.17) is 4.74 Å². The first-order valence-electron chi connectivity index (χ1n) is 10.8. The van der Waals surface area contributed by atoms with Crippen molar-refractivity contribution < 1.29 is 9.53 Å². The average Bonchev–Trinajstić information content (AvgIpc) is 2.74. The molecule has 1 N–H and O–H groups in total. The zero-order chi connectivity index (χ0) is 22.2. The molecule has 31 heavy (non-hydrogen) atoms. The molecule has 0 aliphatic rings. The van der Waals surface area contributed by atoms with Crippen LogP contribution in [0.15, 0.2) is 72.8 Å². The maximum absolute atomic E-state index is 12.6. The highest BCUT2D eigenvalue weighted by atomic mass is 16.5. The number of benzene rings is 3. The molecule has 3 aromatic carbocycles. The molecule has 0 fully saturated rings. The molecule has 3 aromatic rings. The van der Waals surface area contributed by atoms with Crippen LogP contribution in [0, 0.1) is 5.92 Å². The number of ether oxygens (including phenoxy) is 1. The molecule has 0 aromatic heterocycles. The number of amides is 1. The van der Waals surface area contributed by atoms with Crippen molar-refractivity contribution in [3.8, 4) is 5.75 Å². The Morgan fingerprint density at radius 1 is 0.935 bits per heavy atom. The fourth-order valence-corrected chi connectivity index (χ4v) is 3.45. The van der Waals surface area contributed by atoms with E-state index in [9.17, 15) is 4.79 Å². The van der Waals surface area contributed by atoms with Gasteiger partial charge in [-0.1, -0.05) is 56.3 Å². The minimum atomic E-state index is -0.0222. The van der Waals surface area contributed by atoms with Crippen molar-refractivity contribution in [2.45, 2.75) is 33.3 Å². The summed E-state index contributed by atoms with van der Waals surface area (Å²) in [4.78, 5) is 14.6. The zero-order valence-electron chi connectivity index (χ0n) is 18.9. The summed E-state index contributed by atoms with van der Waals surface area (Å²) in [7, 11) is 3.99. The minimum Gasteiger partial charge on any atom is -0.489 e. The van der Waals surface area contributed by atoms with E-state index < -0.39 is 0 Å². The summed E-state index contributed by atoms with van der Waals surface area (Å²) in [5.41, 5.74) is 5.18.